The number of allylic oxidation sites excluding steroid dienone is 2. The van der Waals surface area contributed by atoms with Crippen LogP contribution in [-0.2, 0) is 25.6 Å². The number of aromatic hydroxyl groups is 2. The van der Waals surface area contributed by atoms with E-state index in [0.29, 0.717) is 29.8 Å². The summed E-state index contributed by atoms with van der Waals surface area (Å²) in [5, 5.41) is 19.9. The SMILES string of the molecule is COc1cc(O)ccc1C1C2=CCC3C(=O)N(CCc4ccc(O)cc4)C(=O)C3C2CC2C(=O)N(c3ccccc3)C(=O)C21C. The molecule has 6 atom stereocenters. The lowest BCUT2D eigenvalue weighted by atomic mass is 9.51. The zero-order valence-electron chi connectivity index (χ0n) is 25.1. The van der Waals surface area contributed by atoms with Gasteiger partial charge >= 0.3 is 0 Å². The second kappa shape index (κ2) is 10.6. The third-order valence-electron chi connectivity index (χ3n) is 10.5. The lowest BCUT2D eigenvalue weighted by Crippen LogP contribution is -2.49. The van der Waals surface area contributed by atoms with Gasteiger partial charge in [-0.1, -0.05) is 48.0 Å². The number of para-hydroxylation sites is 1. The number of phenolic OH excluding ortho intramolecular Hbond substituents is 2. The monoisotopic (exact) mass is 606 g/mol. The van der Waals surface area contributed by atoms with Gasteiger partial charge in [-0.05, 0) is 68.0 Å². The molecule has 9 nitrogen and oxygen atoms in total. The summed E-state index contributed by atoms with van der Waals surface area (Å²) < 4.78 is 5.71. The van der Waals surface area contributed by atoms with E-state index in [1.807, 2.05) is 19.1 Å². The first-order valence-corrected chi connectivity index (χ1v) is 15.3. The molecule has 6 unspecified atom stereocenters. The van der Waals surface area contributed by atoms with Crippen LogP contribution in [0.1, 0.15) is 36.8 Å². The fourth-order valence-electron chi connectivity index (χ4n) is 8.31. The van der Waals surface area contributed by atoms with E-state index in [1.54, 1.807) is 54.6 Å². The number of benzene rings is 3. The Bertz CT molecular complexity index is 1750. The number of carbonyl (C=O) groups is 4. The first-order valence-electron chi connectivity index (χ1n) is 15.3. The van der Waals surface area contributed by atoms with Gasteiger partial charge in [0.2, 0.25) is 23.6 Å². The number of nitrogens with zero attached hydrogens (tertiary/aromatic N) is 2. The smallest absolute Gasteiger partial charge is 0.241 e. The van der Waals surface area contributed by atoms with Crippen LogP contribution in [0, 0.1) is 29.1 Å². The van der Waals surface area contributed by atoms with Crippen molar-refractivity contribution in [3.05, 3.63) is 95.6 Å². The summed E-state index contributed by atoms with van der Waals surface area (Å²) in [5.74, 6) is -3.60. The molecule has 7 rings (SSSR count). The minimum atomic E-state index is -1.20. The number of methoxy groups -OCH3 is 1. The van der Waals surface area contributed by atoms with E-state index >= 15 is 0 Å². The van der Waals surface area contributed by atoms with Gasteiger partial charge in [0.15, 0.2) is 0 Å². The molecule has 230 valence electrons. The third kappa shape index (κ3) is 4.28. The molecule has 0 aromatic heterocycles. The van der Waals surface area contributed by atoms with Gasteiger partial charge in [0.25, 0.3) is 0 Å². The second-order valence-corrected chi connectivity index (χ2v) is 12.7. The Labute approximate surface area is 260 Å². The number of fused-ring (bicyclic) bond motifs is 4. The fraction of sp³-hybridized carbons (Fsp3) is 0.333. The van der Waals surface area contributed by atoms with Crippen LogP contribution in [0.15, 0.2) is 84.4 Å². The minimum absolute atomic E-state index is 0.00271. The predicted molar refractivity (Wildman–Crippen MR) is 164 cm³/mol. The number of amides is 4. The maximum atomic E-state index is 14.5. The number of phenols is 2. The summed E-state index contributed by atoms with van der Waals surface area (Å²) >= 11 is 0. The van der Waals surface area contributed by atoms with E-state index in [-0.39, 0.29) is 48.1 Å². The summed E-state index contributed by atoms with van der Waals surface area (Å²) in [7, 11) is 1.49. The zero-order valence-corrected chi connectivity index (χ0v) is 25.1. The average molecular weight is 607 g/mol. The van der Waals surface area contributed by atoms with Crippen molar-refractivity contribution >= 4 is 29.3 Å². The predicted octanol–water partition coefficient (Wildman–Crippen LogP) is 4.58. The number of hydrogen-bond donors (Lipinski definition) is 2. The molecule has 2 N–H and O–H groups in total. The number of ether oxygens (including phenoxy) is 1. The molecular formula is C36H34N2O7. The number of likely N-dealkylation sites (tertiary alicyclic amines) is 1. The summed E-state index contributed by atoms with van der Waals surface area (Å²) in [5.41, 5.74) is 1.69. The molecule has 2 saturated heterocycles. The molecule has 4 amide bonds. The van der Waals surface area contributed by atoms with Crippen molar-refractivity contribution in [3.63, 3.8) is 0 Å². The van der Waals surface area contributed by atoms with Crippen LogP contribution in [-0.4, -0.2) is 52.4 Å². The topological polar surface area (TPSA) is 124 Å². The molecule has 3 aromatic carbocycles. The van der Waals surface area contributed by atoms with E-state index < -0.39 is 35.0 Å². The van der Waals surface area contributed by atoms with Crippen molar-refractivity contribution in [2.45, 2.75) is 32.1 Å². The molecule has 1 saturated carbocycles. The van der Waals surface area contributed by atoms with E-state index in [4.69, 9.17) is 4.74 Å². The lowest BCUT2D eigenvalue weighted by molar-refractivity contribution is -0.140. The molecule has 45 heavy (non-hydrogen) atoms. The Balaban J connectivity index is 1.30. The summed E-state index contributed by atoms with van der Waals surface area (Å²) in [6, 6.07) is 20.3. The second-order valence-electron chi connectivity index (χ2n) is 12.7. The van der Waals surface area contributed by atoms with Crippen molar-refractivity contribution in [3.8, 4) is 17.2 Å². The van der Waals surface area contributed by atoms with Crippen molar-refractivity contribution in [2.24, 2.45) is 29.1 Å². The summed E-state index contributed by atoms with van der Waals surface area (Å²) in [6.45, 7) is 2.04. The highest BCUT2D eigenvalue weighted by Gasteiger charge is 2.67. The molecule has 2 aliphatic heterocycles. The van der Waals surface area contributed by atoms with E-state index in [2.05, 4.69) is 0 Å². The third-order valence-corrected chi connectivity index (χ3v) is 10.5. The van der Waals surface area contributed by atoms with Gasteiger partial charge in [0, 0.05) is 24.1 Å². The fourth-order valence-corrected chi connectivity index (χ4v) is 8.31. The molecule has 0 bridgehead atoms. The standard InChI is InChI=1S/C36H34N2O7/c1-36-28(33(42)38(35(36)44)21-6-4-3-5-7-21)19-27-24(31(36)25-13-12-23(40)18-29(25)45-2)14-15-26-30(27)34(43)37(32(26)41)17-16-20-8-10-22(39)11-9-20/h3-14,18,26-28,30-31,39-40H,15-17,19H2,1-2H3. The van der Waals surface area contributed by atoms with Gasteiger partial charge in [0.05, 0.1) is 36.0 Å². The van der Waals surface area contributed by atoms with Crippen LogP contribution < -0.4 is 9.64 Å². The lowest BCUT2D eigenvalue weighted by Gasteiger charge is -2.49. The van der Waals surface area contributed by atoms with Crippen molar-refractivity contribution in [1.82, 2.24) is 4.90 Å². The number of hydrogen-bond acceptors (Lipinski definition) is 7. The molecule has 3 aromatic rings. The normalized spacial score (nSPS) is 28.9. The summed E-state index contributed by atoms with van der Waals surface area (Å²) in [6.07, 6.45) is 3.06. The number of imide groups is 2. The van der Waals surface area contributed by atoms with Crippen molar-refractivity contribution < 1.29 is 34.1 Å². The zero-order chi connectivity index (χ0) is 31.6. The van der Waals surface area contributed by atoms with Crippen LogP contribution in [0.4, 0.5) is 5.69 Å². The highest BCUT2D eigenvalue weighted by atomic mass is 16.5. The minimum Gasteiger partial charge on any atom is -0.508 e. The Morgan fingerprint density at radius 1 is 0.867 bits per heavy atom. The summed E-state index contributed by atoms with van der Waals surface area (Å²) in [4.78, 5) is 59.1. The van der Waals surface area contributed by atoms with E-state index in [1.165, 1.54) is 29.0 Å². The van der Waals surface area contributed by atoms with Gasteiger partial charge in [0.1, 0.15) is 17.2 Å². The maximum absolute atomic E-state index is 14.5. The van der Waals surface area contributed by atoms with Crippen molar-refractivity contribution in [2.75, 3.05) is 18.6 Å². The van der Waals surface area contributed by atoms with Gasteiger partial charge < -0.3 is 14.9 Å². The van der Waals surface area contributed by atoms with E-state index in [9.17, 15) is 29.4 Å². The van der Waals surface area contributed by atoms with Gasteiger partial charge in [-0.25, -0.2) is 4.90 Å². The molecule has 9 heteroatoms. The Hall–Kier alpha value is -4.92. The number of carbonyl (C=O) groups excluding carboxylic acids is 4. The van der Waals surface area contributed by atoms with Crippen LogP contribution in [0.2, 0.25) is 0 Å². The number of rotatable bonds is 6. The highest BCUT2D eigenvalue weighted by molar-refractivity contribution is 6.24. The molecule has 3 fully saturated rings. The van der Waals surface area contributed by atoms with Gasteiger partial charge in [-0.15, -0.1) is 0 Å². The molecule has 4 aliphatic rings. The molecular weight excluding hydrogens is 572 g/mol. The Kier molecular flexibility index (Phi) is 6.80. The quantitative estimate of drug-likeness (QED) is 0.311. The highest BCUT2D eigenvalue weighted by Crippen LogP contribution is 2.64. The maximum Gasteiger partial charge on any atom is 0.241 e. The molecule has 2 heterocycles. The molecule has 2 aliphatic carbocycles. The number of anilines is 1. The van der Waals surface area contributed by atoms with Gasteiger partial charge in [-0.2, -0.15) is 0 Å². The largest absolute Gasteiger partial charge is 0.508 e. The van der Waals surface area contributed by atoms with E-state index in [0.717, 1.165) is 11.1 Å². The molecule has 0 spiro atoms. The first-order chi connectivity index (χ1) is 21.6. The Morgan fingerprint density at radius 2 is 1.58 bits per heavy atom. The van der Waals surface area contributed by atoms with Crippen LogP contribution in [0.25, 0.3) is 0 Å². The first kappa shape index (κ1) is 28.8. The van der Waals surface area contributed by atoms with Crippen molar-refractivity contribution in [1.29, 1.82) is 0 Å². The van der Waals surface area contributed by atoms with Crippen LogP contribution >= 0.6 is 0 Å². The van der Waals surface area contributed by atoms with Crippen LogP contribution in [0.5, 0.6) is 17.2 Å². The molecule has 0 radical (unpaired) electrons. The Morgan fingerprint density at radius 3 is 2.29 bits per heavy atom. The van der Waals surface area contributed by atoms with Crippen LogP contribution in [0.3, 0.4) is 0 Å². The average Bonchev–Trinajstić information content (AvgIpc) is 3.40. The van der Waals surface area contributed by atoms with Gasteiger partial charge in [-0.3, -0.25) is 24.1 Å².